The zero-order valence-electron chi connectivity index (χ0n) is 16.1. The third-order valence-corrected chi connectivity index (χ3v) is 4.36. The summed E-state index contributed by atoms with van der Waals surface area (Å²) in [6.45, 7) is 1.57. The largest absolute Gasteiger partial charge is 0.493 e. The molecule has 3 rings (SSSR count). The van der Waals surface area contributed by atoms with Crippen LogP contribution in [0.25, 0.3) is 11.0 Å². The van der Waals surface area contributed by atoms with E-state index in [1.807, 2.05) is 19.1 Å². The Morgan fingerprint density at radius 3 is 2.66 bits per heavy atom. The standard InChI is InChI=1S/C22H20O7/c1-3-14-4-6-17-16(10-21(24)29-19(17)8-14)12-28-22(25)13-27-18-7-5-15(11-23)9-20(18)26-2/h4-11H,3,12-13H2,1-2H3. The van der Waals surface area contributed by atoms with Crippen molar-refractivity contribution in [3.05, 3.63) is 69.6 Å². The summed E-state index contributed by atoms with van der Waals surface area (Å²) < 4.78 is 21.1. The summed E-state index contributed by atoms with van der Waals surface area (Å²) in [5.41, 5.74) is 1.97. The Morgan fingerprint density at radius 2 is 1.93 bits per heavy atom. The summed E-state index contributed by atoms with van der Waals surface area (Å²) in [6, 6.07) is 11.5. The predicted molar refractivity (Wildman–Crippen MR) is 106 cm³/mol. The second-order valence-electron chi connectivity index (χ2n) is 6.25. The van der Waals surface area contributed by atoms with Gasteiger partial charge in [0.05, 0.1) is 7.11 Å². The second-order valence-corrected chi connectivity index (χ2v) is 6.25. The van der Waals surface area contributed by atoms with Crippen molar-refractivity contribution in [2.45, 2.75) is 20.0 Å². The molecule has 0 bridgehead atoms. The first kappa shape index (κ1) is 20.1. The molecular formula is C22H20O7. The summed E-state index contributed by atoms with van der Waals surface area (Å²) in [7, 11) is 1.44. The van der Waals surface area contributed by atoms with Crippen molar-refractivity contribution in [1.29, 1.82) is 0 Å². The Hall–Kier alpha value is -3.61. The van der Waals surface area contributed by atoms with E-state index in [9.17, 15) is 14.4 Å². The molecule has 0 radical (unpaired) electrons. The third-order valence-electron chi connectivity index (χ3n) is 4.36. The number of rotatable bonds is 8. The lowest BCUT2D eigenvalue weighted by molar-refractivity contribution is -0.147. The zero-order valence-corrected chi connectivity index (χ0v) is 16.1. The zero-order chi connectivity index (χ0) is 20.8. The molecule has 0 aliphatic heterocycles. The number of hydrogen-bond donors (Lipinski definition) is 0. The van der Waals surface area contributed by atoms with Crippen molar-refractivity contribution in [2.75, 3.05) is 13.7 Å². The van der Waals surface area contributed by atoms with E-state index in [4.69, 9.17) is 18.6 Å². The molecule has 1 heterocycles. The van der Waals surface area contributed by atoms with Crippen LogP contribution in [0.15, 0.2) is 51.7 Å². The average Bonchev–Trinajstić information content (AvgIpc) is 2.75. The number of aryl methyl sites for hydroxylation is 1. The van der Waals surface area contributed by atoms with E-state index in [-0.39, 0.29) is 13.2 Å². The van der Waals surface area contributed by atoms with Gasteiger partial charge in [0.25, 0.3) is 0 Å². The van der Waals surface area contributed by atoms with Crippen LogP contribution in [0.3, 0.4) is 0 Å². The summed E-state index contributed by atoms with van der Waals surface area (Å²) in [5, 5.41) is 0.710. The van der Waals surface area contributed by atoms with Crippen LogP contribution in [0.1, 0.15) is 28.4 Å². The van der Waals surface area contributed by atoms with Crippen LogP contribution in [0.5, 0.6) is 11.5 Å². The van der Waals surface area contributed by atoms with Crippen LogP contribution in [0.2, 0.25) is 0 Å². The summed E-state index contributed by atoms with van der Waals surface area (Å²) >= 11 is 0. The maximum Gasteiger partial charge on any atom is 0.344 e. The number of fused-ring (bicyclic) bond motifs is 1. The van der Waals surface area contributed by atoms with Gasteiger partial charge in [0.2, 0.25) is 0 Å². The third kappa shape index (κ3) is 4.82. The Bertz CT molecular complexity index is 1100. The minimum absolute atomic E-state index is 0.0863. The van der Waals surface area contributed by atoms with Crippen LogP contribution >= 0.6 is 0 Å². The van der Waals surface area contributed by atoms with E-state index in [0.717, 1.165) is 12.0 Å². The van der Waals surface area contributed by atoms with Gasteiger partial charge in [-0.3, -0.25) is 4.79 Å². The van der Waals surface area contributed by atoms with Crippen LogP contribution < -0.4 is 15.1 Å². The number of ether oxygens (including phenoxy) is 3. The molecule has 0 atom stereocenters. The molecule has 2 aromatic carbocycles. The van der Waals surface area contributed by atoms with Crippen LogP contribution in [0, 0.1) is 0 Å². The van der Waals surface area contributed by atoms with Crippen LogP contribution in [-0.4, -0.2) is 26.0 Å². The minimum Gasteiger partial charge on any atom is -0.493 e. The van der Waals surface area contributed by atoms with Crippen LogP contribution in [-0.2, 0) is 22.6 Å². The summed E-state index contributed by atoms with van der Waals surface area (Å²) in [5.74, 6) is 0.0341. The van der Waals surface area contributed by atoms with Gasteiger partial charge < -0.3 is 18.6 Å². The smallest absolute Gasteiger partial charge is 0.344 e. The van der Waals surface area contributed by atoms with Gasteiger partial charge in [-0.05, 0) is 36.2 Å². The van der Waals surface area contributed by atoms with Crippen molar-refractivity contribution in [3.63, 3.8) is 0 Å². The fraction of sp³-hybridized carbons (Fsp3) is 0.227. The molecule has 0 N–H and O–H groups in total. The lowest BCUT2D eigenvalue weighted by atomic mass is 10.1. The average molecular weight is 396 g/mol. The Kier molecular flexibility index (Phi) is 6.29. The first-order chi connectivity index (χ1) is 14.0. The number of esters is 1. The fourth-order valence-corrected chi connectivity index (χ4v) is 2.83. The lowest BCUT2D eigenvalue weighted by Gasteiger charge is -2.11. The van der Waals surface area contributed by atoms with Crippen molar-refractivity contribution >= 4 is 23.2 Å². The van der Waals surface area contributed by atoms with E-state index in [2.05, 4.69) is 0 Å². The predicted octanol–water partition coefficient (Wildman–Crippen LogP) is 3.30. The van der Waals surface area contributed by atoms with Gasteiger partial charge in [0.15, 0.2) is 18.1 Å². The van der Waals surface area contributed by atoms with E-state index >= 15 is 0 Å². The topological polar surface area (TPSA) is 92.0 Å². The highest BCUT2D eigenvalue weighted by Gasteiger charge is 2.12. The summed E-state index contributed by atoms with van der Waals surface area (Å²) in [6.07, 6.45) is 1.50. The van der Waals surface area contributed by atoms with E-state index in [1.165, 1.54) is 25.3 Å². The lowest BCUT2D eigenvalue weighted by Crippen LogP contribution is -2.15. The van der Waals surface area contributed by atoms with Crippen molar-refractivity contribution in [1.82, 2.24) is 0 Å². The molecule has 0 aliphatic carbocycles. The number of carbonyl (C=O) groups excluding carboxylic acids is 2. The van der Waals surface area contributed by atoms with Crippen molar-refractivity contribution in [2.24, 2.45) is 0 Å². The number of hydrogen-bond acceptors (Lipinski definition) is 7. The van der Waals surface area contributed by atoms with Gasteiger partial charge in [0.1, 0.15) is 18.5 Å². The molecule has 0 fully saturated rings. The molecule has 3 aromatic rings. The SMILES string of the molecule is CCc1ccc2c(COC(=O)COc3ccc(C=O)cc3OC)cc(=O)oc2c1. The molecule has 150 valence electrons. The van der Waals surface area contributed by atoms with E-state index < -0.39 is 11.6 Å². The molecular weight excluding hydrogens is 376 g/mol. The molecule has 29 heavy (non-hydrogen) atoms. The highest BCUT2D eigenvalue weighted by molar-refractivity contribution is 5.81. The van der Waals surface area contributed by atoms with Gasteiger partial charge >= 0.3 is 11.6 Å². The number of benzene rings is 2. The number of aldehydes is 1. The molecule has 7 nitrogen and oxygen atoms in total. The van der Waals surface area contributed by atoms with E-state index in [1.54, 1.807) is 12.1 Å². The number of carbonyl (C=O) groups is 2. The fourth-order valence-electron chi connectivity index (χ4n) is 2.83. The Labute approximate surface area is 166 Å². The Balaban J connectivity index is 1.67. The monoisotopic (exact) mass is 396 g/mol. The first-order valence-corrected chi connectivity index (χ1v) is 9.01. The normalized spacial score (nSPS) is 10.6. The minimum atomic E-state index is -0.613. The van der Waals surface area contributed by atoms with Gasteiger partial charge in [-0.25, -0.2) is 9.59 Å². The molecule has 0 saturated carbocycles. The van der Waals surface area contributed by atoms with E-state index in [0.29, 0.717) is 39.9 Å². The van der Waals surface area contributed by atoms with Gasteiger partial charge in [-0.1, -0.05) is 19.1 Å². The van der Waals surface area contributed by atoms with Crippen LogP contribution in [0.4, 0.5) is 0 Å². The Morgan fingerprint density at radius 1 is 1.10 bits per heavy atom. The molecule has 7 heteroatoms. The van der Waals surface area contributed by atoms with Gasteiger partial charge in [-0.2, -0.15) is 0 Å². The molecule has 0 amide bonds. The molecule has 0 spiro atoms. The van der Waals surface area contributed by atoms with Gasteiger partial charge in [0, 0.05) is 22.6 Å². The van der Waals surface area contributed by atoms with Gasteiger partial charge in [-0.15, -0.1) is 0 Å². The van der Waals surface area contributed by atoms with Crippen molar-refractivity contribution < 1.29 is 28.2 Å². The highest BCUT2D eigenvalue weighted by atomic mass is 16.6. The van der Waals surface area contributed by atoms with Crippen molar-refractivity contribution in [3.8, 4) is 11.5 Å². The summed E-state index contributed by atoms with van der Waals surface area (Å²) in [4.78, 5) is 34.7. The second kappa shape index (κ2) is 9.05. The molecule has 1 aromatic heterocycles. The molecule has 0 saturated heterocycles. The maximum absolute atomic E-state index is 12.1. The molecule has 0 unspecified atom stereocenters. The quantitative estimate of drug-likeness (QED) is 0.328. The first-order valence-electron chi connectivity index (χ1n) is 9.01. The number of methoxy groups -OCH3 is 1. The molecule has 0 aliphatic rings. The highest BCUT2D eigenvalue weighted by Crippen LogP contribution is 2.27. The maximum atomic E-state index is 12.1.